The van der Waals surface area contributed by atoms with E-state index in [9.17, 15) is 19.5 Å². The lowest BCUT2D eigenvalue weighted by Gasteiger charge is -2.18. The predicted octanol–water partition coefficient (Wildman–Crippen LogP) is 4.73. The third kappa shape index (κ3) is 6.20. The number of hydrogen-bond donors (Lipinski definition) is 4. The van der Waals surface area contributed by atoms with Crippen LogP contribution in [0.3, 0.4) is 0 Å². The Balaban J connectivity index is 1.53. The lowest BCUT2D eigenvalue weighted by Crippen LogP contribution is -2.22. The summed E-state index contributed by atoms with van der Waals surface area (Å²) >= 11 is 2.40. The first-order valence-electron chi connectivity index (χ1n) is 11.1. The van der Waals surface area contributed by atoms with Crippen molar-refractivity contribution in [2.45, 2.75) is 41.5 Å². The Hall–Kier alpha value is -3.38. The molecule has 10 nitrogen and oxygen atoms in total. The average molecular weight is 515 g/mol. The summed E-state index contributed by atoms with van der Waals surface area (Å²) < 4.78 is 0.616. The van der Waals surface area contributed by atoms with Crippen LogP contribution in [0.2, 0.25) is 0 Å². The Kier molecular flexibility index (Phi) is 7.71. The zero-order valence-electron chi connectivity index (χ0n) is 19.3. The van der Waals surface area contributed by atoms with Crippen molar-refractivity contribution in [1.29, 1.82) is 0 Å². The van der Waals surface area contributed by atoms with E-state index in [1.165, 1.54) is 11.8 Å². The van der Waals surface area contributed by atoms with Crippen molar-refractivity contribution in [3.8, 4) is 0 Å². The molecule has 0 atom stereocenters. The molecule has 1 aliphatic rings. The van der Waals surface area contributed by atoms with E-state index in [0.29, 0.717) is 26.3 Å². The number of carboxylic acids is 1. The van der Waals surface area contributed by atoms with Crippen molar-refractivity contribution in [3.05, 3.63) is 41.9 Å². The number of hydrogen-bond acceptors (Lipinski definition) is 8. The Bertz CT molecular complexity index is 1220. The molecule has 0 saturated heterocycles. The molecule has 0 spiro atoms. The van der Waals surface area contributed by atoms with Crippen molar-refractivity contribution in [2.75, 3.05) is 29.6 Å². The first-order chi connectivity index (χ1) is 16.8. The number of H-pyrrole nitrogens is 1. The van der Waals surface area contributed by atoms with Crippen LogP contribution in [0.5, 0.6) is 0 Å². The first kappa shape index (κ1) is 24.7. The molecule has 1 saturated carbocycles. The molecule has 1 aromatic carbocycles. The highest BCUT2D eigenvalue weighted by molar-refractivity contribution is 8.01. The van der Waals surface area contributed by atoms with Gasteiger partial charge in [-0.3, -0.25) is 14.9 Å². The van der Waals surface area contributed by atoms with Crippen LogP contribution in [0, 0.1) is 5.92 Å². The normalized spacial score (nSPS) is 13.5. The molecule has 12 heteroatoms. The molecule has 1 fully saturated rings. The second-order valence-electron chi connectivity index (χ2n) is 8.37. The number of urea groups is 1. The maximum absolute atomic E-state index is 13.2. The number of benzene rings is 1. The van der Waals surface area contributed by atoms with Gasteiger partial charge in [-0.05, 0) is 42.8 Å². The van der Waals surface area contributed by atoms with Crippen LogP contribution in [0.15, 0.2) is 40.0 Å². The third-order valence-electron chi connectivity index (χ3n) is 5.62. The highest BCUT2D eigenvalue weighted by Crippen LogP contribution is 2.36. The van der Waals surface area contributed by atoms with Crippen LogP contribution in [-0.4, -0.2) is 51.9 Å². The maximum atomic E-state index is 13.2. The van der Waals surface area contributed by atoms with E-state index in [1.54, 1.807) is 18.5 Å². The molecule has 35 heavy (non-hydrogen) atoms. The summed E-state index contributed by atoms with van der Waals surface area (Å²) in [6, 6.07) is 4.82. The number of Topliss-reactive ketones (excluding diaryl/α,β-unsaturated/α-hetero) is 1. The monoisotopic (exact) mass is 514 g/mol. The van der Waals surface area contributed by atoms with Gasteiger partial charge in [0.25, 0.3) is 0 Å². The number of amides is 2. The molecule has 0 unspecified atom stereocenters. The summed E-state index contributed by atoms with van der Waals surface area (Å²) in [7, 11) is 3.79. The van der Waals surface area contributed by atoms with E-state index in [1.807, 2.05) is 31.1 Å². The van der Waals surface area contributed by atoms with Crippen LogP contribution >= 0.6 is 23.1 Å². The van der Waals surface area contributed by atoms with Crippen LogP contribution in [0.1, 0.15) is 41.7 Å². The van der Waals surface area contributed by atoms with E-state index in [-0.39, 0.29) is 23.3 Å². The number of ketones is 1. The Labute approximate surface area is 210 Å². The summed E-state index contributed by atoms with van der Waals surface area (Å²) in [5, 5.41) is 15.5. The number of nitrogens with zero attached hydrogens (tertiary/aromatic N) is 3. The smallest absolute Gasteiger partial charge is 0.325 e. The molecule has 4 N–H and O–H groups in total. The van der Waals surface area contributed by atoms with Crippen LogP contribution < -0.4 is 15.5 Å². The quantitative estimate of drug-likeness (QED) is 0.301. The zero-order valence-corrected chi connectivity index (χ0v) is 21.0. The average Bonchev–Trinajstić information content (AvgIpc) is 3.57. The van der Waals surface area contributed by atoms with Gasteiger partial charge in [0.05, 0.1) is 22.0 Å². The SMILES string of the molecule is CN(C)c1ccc(NC(=O)Nc2nc(CC(=O)O)c(Sc3ncc[nH]3)s2)c(C(=O)C2CCCC2)c1. The number of carbonyl (C=O) groups is 3. The van der Waals surface area contributed by atoms with Gasteiger partial charge in [0.1, 0.15) is 0 Å². The summed E-state index contributed by atoms with van der Waals surface area (Å²) in [5.41, 5.74) is 2.12. The first-order valence-corrected chi connectivity index (χ1v) is 12.8. The molecule has 2 aromatic heterocycles. The number of imidazole rings is 1. The Morgan fingerprint density at radius 1 is 1.23 bits per heavy atom. The molecule has 0 radical (unpaired) electrons. The van der Waals surface area contributed by atoms with Crippen molar-refractivity contribution >= 4 is 57.4 Å². The van der Waals surface area contributed by atoms with Crippen LogP contribution in [0.25, 0.3) is 0 Å². The molecular weight excluding hydrogens is 488 g/mol. The van der Waals surface area contributed by atoms with Gasteiger partial charge >= 0.3 is 12.0 Å². The van der Waals surface area contributed by atoms with E-state index in [4.69, 9.17) is 0 Å². The van der Waals surface area contributed by atoms with E-state index >= 15 is 0 Å². The van der Waals surface area contributed by atoms with Gasteiger partial charge in [0.15, 0.2) is 16.1 Å². The molecule has 0 aliphatic heterocycles. The van der Waals surface area contributed by atoms with E-state index < -0.39 is 12.0 Å². The molecular formula is C23H26N6O4S2. The number of anilines is 3. The van der Waals surface area contributed by atoms with Crippen LogP contribution in [0.4, 0.5) is 21.3 Å². The summed E-state index contributed by atoms with van der Waals surface area (Å²) in [4.78, 5) is 50.6. The number of carboxylic acid groups (broad SMARTS) is 1. The minimum absolute atomic E-state index is 0.0326. The zero-order chi connectivity index (χ0) is 24.9. The lowest BCUT2D eigenvalue weighted by molar-refractivity contribution is -0.136. The standard InChI is InChI=1S/C23H26N6O4S2/c1-29(2)14-7-8-16(15(11-14)19(32)13-5-3-4-6-13)26-21(33)28-23-27-17(12-18(30)31)20(35-23)34-22-24-9-10-25-22/h7-11,13H,3-6,12H2,1-2H3,(H,24,25)(H,30,31)(H2,26,27,28,33). The van der Waals surface area contributed by atoms with Gasteiger partial charge in [0, 0.05) is 43.7 Å². The Morgan fingerprint density at radius 2 is 2.00 bits per heavy atom. The van der Waals surface area contributed by atoms with Crippen molar-refractivity contribution in [3.63, 3.8) is 0 Å². The summed E-state index contributed by atoms with van der Waals surface area (Å²) in [6.07, 6.45) is 6.77. The fourth-order valence-corrected chi connectivity index (χ4v) is 5.91. The number of aromatic amines is 1. The maximum Gasteiger partial charge on any atom is 0.325 e. The lowest BCUT2D eigenvalue weighted by atomic mass is 9.94. The second-order valence-corrected chi connectivity index (χ2v) is 10.6. The molecule has 1 aliphatic carbocycles. The third-order valence-corrected chi connectivity index (χ3v) is 7.77. The van der Waals surface area contributed by atoms with Crippen molar-refractivity contribution < 1.29 is 19.5 Å². The molecule has 4 rings (SSSR count). The number of aromatic nitrogens is 3. The topological polar surface area (TPSA) is 140 Å². The van der Waals surface area contributed by atoms with Gasteiger partial charge in [0.2, 0.25) is 0 Å². The van der Waals surface area contributed by atoms with Gasteiger partial charge in [-0.1, -0.05) is 24.2 Å². The van der Waals surface area contributed by atoms with E-state index in [0.717, 1.165) is 42.7 Å². The summed E-state index contributed by atoms with van der Waals surface area (Å²) in [5.74, 6) is -1.02. The van der Waals surface area contributed by atoms with Gasteiger partial charge in [-0.25, -0.2) is 14.8 Å². The van der Waals surface area contributed by atoms with Gasteiger partial charge in [-0.15, -0.1) is 0 Å². The highest BCUT2D eigenvalue weighted by Gasteiger charge is 2.27. The number of aliphatic carboxylic acids is 1. The minimum atomic E-state index is -1.02. The van der Waals surface area contributed by atoms with Crippen molar-refractivity contribution in [2.24, 2.45) is 5.92 Å². The van der Waals surface area contributed by atoms with Crippen LogP contribution in [-0.2, 0) is 11.2 Å². The summed E-state index contributed by atoms with van der Waals surface area (Å²) in [6.45, 7) is 0. The predicted molar refractivity (Wildman–Crippen MR) is 136 cm³/mol. The molecule has 0 bridgehead atoms. The second kappa shape index (κ2) is 10.9. The number of rotatable bonds is 9. The molecule has 3 aromatic rings. The fourth-order valence-electron chi connectivity index (χ4n) is 3.90. The van der Waals surface area contributed by atoms with Gasteiger partial charge < -0.3 is 20.3 Å². The van der Waals surface area contributed by atoms with Gasteiger partial charge in [-0.2, -0.15) is 0 Å². The Morgan fingerprint density at radius 3 is 2.66 bits per heavy atom. The molecule has 184 valence electrons. The number of thiazole rings is 1. The number of nitrogens with one attached hydrogen (secondary N) is 3. The molecule has 2 heterocycles. The largest absolute Gasteiger partial charge is 0.481 e. The fraction of sp³-hybridized carbons (Fsp3) is 0.348. The minimum Gasteiger partial charge on any atom is -0.481 e. The van der Waals surface area contributed by atoms with E-state index in [2.05, 4.69) is 25.6 Å². The molecule has 2 amide bonds. The van der Waals surface area contributed by atoms with Crippen molar-refractivity contribution in [1.82, 2.24) is 15.0 Å². The number of carbonyl (C=O) groups excluding carboxylic acids is 2. The highest BCUT2D eigenvalue weighted by atomic mass is 32.2.